The van der Waals surface area contributed by atoms with Gasteiger partial charge < -0.3 is 4.74 Å². The number of carbonyl (C=O) groups excluding carboxylic acids is 1. The van der Waals surface area contributed by atoms with Gasteiger partial charge in [-0.25, -0.2) is 4.98 Å². The van der Waals surface area contributed by atoms with Crippen molar-refractivity contribution in [1.29, 1.82) is 5.26 Å². The lowest BCUT2D eigenvalue weighted by Crippen LogP contribution is -2.32. The molecule has 0 fully saturated rings. The Kier molecular flexibility index (Phi) is 3.71. The first-order valence-corrected chi connectivity index (χ1v) is 6.48. The zero-order valence-electron chi connectivity index (χ0n) is 11.8. The molecular weight excluding hydrogens is 252 g/mol. The van der Waals surface area contributed by atoms with E-state index in [0.717, 1.165) is 10.9 Å². The number of carbonyl (C=O) groups is 1. The van der Waals surface area contributed by atoms with Gasteiger partial charge in [-0.3, -0.25) is 4.79 Å². The van der Waals surface area contributed by atoms with Gasteiger partial charge >= 0.3 is 5.97 Å². The highest BCUT2D eigenvalue weighted by molar-refractivity contribution is 5.87. The summed E-state index contributed by atoms with van der Waals surface area (Å²) >= 11 is 0. The van der Waals surface area contributed by atoms with Crippen LogP contribution in [0.15, 0.2) is 30.3 Å². The van der Waals surface area contributed by atoms with Crippen LogP contribution in [-0.2, 0) is 14.9 Å². The van der Waals surface area contributed by atoms with E-state index in [0.29, 0.717) is 12.2 Å². The van der Waals surface area contributed by atoms with Crippen LogP contribution in [0.1, 0.15) is 32.0 Å². The normalized spacial score (nSPS) is 11.1. The van der Waals surface area contributed by atoms with Crippen LogP contribution < -0.4 is 0 Å². The van der Waals surface area contributed by atoms with Gasteiger partial charge in [0, 0.05) is 10.9 Å². The fourth-order valence-corrected chi connectivity index (χ4v) is 2.10. The van der Waals surface area contributed by atoms with E-state index in [4.69, 9.17) is 4.74 Å². The van der Waals surface area contributed by atoms with Crippen LogP contribution in [0.5, 0.6) is 0 Å². The minimum absolute atomic E-state index is 0.266. The number of para-hydroxylation sites is 1. The van der Waals surface area contributed by atoms with Crippen molar-refractivity contribution in [2.75, 3.05) is 6.61 Å². The first-order chi connectivity index (χ1) is 9.50. The van der Waals surface area contributed by atoms with E-state index < -0.39 is 5.41 Å². The van der Waals surface area contributed by atoms with Gasteiger partial charge in [-0.15, -0.1) is 0 Å². The van der Waals surface area contributed by atoms with E-state index >= 15 is 0 Å². The highest BCUT2D eigenvalue weighted by Crippen LogP contribution is 2.29. The number of benzene rings is 1. The Morgan fingerprint density at radius 2 is 2.10 bits per heavy atom. The van der Waals surface area contributed by atoms with E-state index in [2.05, 4.69) is 11.1 Å². The molecule has 4 nitrogen and oxygen atoms in total. The summed E-state index contributed by atoms with van der Waals surface area (Å²) < 4.78 is 5.10. The Labute approximate surface area is 118 Å². The van der Waals surface area contributed by atoms with Crippen LogP contribution in [0.3, 0.4) is 0 Å². The van der Waals surface area contributed by atoms with Gasteiger partial charge in [-0.2, -0.15) is 5.26 Å². The molecule has 0 saturated heterocycles. The van der Waals surface area contributed by atoms with Gasteiger partial charge in [-0.05, 0) is 32.9 Å². The second-order valence-electron chi connectivity index (χ2n) is 5.03. The second-order valence-corrected chi connectivity index (χ2v) is 5.03. The number of nitrogens with zero attached hydrogens (tertiary/aromatic N) is 2. The van der Waals surface area contributed by atoms with E-state index in [1.54, 1.807) is 20.8 Å². The number of rotatable bonds is 3. The molecule has 0 saturated carbocycles. The Balaban J connectivity index is 2.63. The number of hydrogen-bond donors (Lipinski definition) is 0. The number of fused-ring (bicyclic) bond motifs is 1. The molecule has 0 N–H and O–H groups in total. The molecule has 0 unspecified atom stereocenters. The highest BCUT2D eigenvalue weighted by atomic mass is 16.5. The lowest BCUT2D eigenvalue weighted by molar-refractivity contribution is -0.148. The van der Waals surface area contributed by atoms with Crippen molar-refractivity contribution in [2.45, 2.75) is 26.2 Å². The van der Waals surface area contributed by atoms with Crippen LogP contribution in [0.2, 0.25) is 0 Å². The van der Waals surface area contributed by atoms with Crippen LogP contribution in [0.4, 0.5) is 0 Å². The lowest BCUT2D eigenvalue weighted by Gasteiger charge is -2.23. The molecule has 2 aromatic rings. The van der Waals surface area contributed by atoms with Crippen molar-refractivity contribution < 1.29 is 9.53 Å². The third-order valence-electron chi connectivity index (χ3n) is 3.29. The van der Waals surface area contributed by atoms with Crippen LogP contribution in [0.25, 0.3) is 10.9 Å². The van der Waals surface area contributed by atoms with Gasteiger partial charge in [0.15, 0.2) is 0 Å². The molecule has 0 aliphatic rings. The Morgan fingerprint density at radius 1 is 1.40 bits per heavy atom. The Bertz CT molecular complexity index is 699. The van der Waals surface area contributed by atoms with Crippen molar-refractivity contribution in [1.82, 2.24) is 4.98 Å². The summed E-state index contributed by atoms with van der Waals surface area (Å²) in [6.07, 6.45) is 0. The Morgan fingerprint density at radius 3 is 2.75 bits per heavy atom. The summed E-state index contributed by atoms with van der Waals surface area (Å²) in [5.74, 6) is -0.353. The van der Waals surface area contributed by atoms with Crippen LogP contribution >= 0.6 is 0 Å². The molecule has 0 spiro atoms. The fraction of sp³-hybridized carbons (Fsp3) is 0.312. The predicted octanol–water partition coefficient (Wildman–Crippen LogP) is 2.95. The molecule has 102 valence electrons. The molecule has 0 atom stereocenters. The van der Waals surface area contributed by atoms with Crippen LogP contribution in [-0.4, -0.2) is 17.6 Å². The average molecular weight is 268 g/mol. The molecule has 0 aliphatic carbocycles. The maximum absolute atomic E-state index is 12.1. The van der Waals surface area contributed by atoms with Crippen molar-refractivity contribution in [3.63, 3.8) is 0 Å². The minimum atomic E-state index is -0.905. The molecular formula is C16H16N2O2. The van der Waals surface area contributed by atoms with Crippen molar-refractivity contribution >= 4 is 16.9 Å². The van der Waals surface area contributed by atoms with Gasteiger partial charge in [0.2, 0.25) is 0 Å². The summed E-state index contributed by atoms with van der Waals surface area (Å²) in [5.41, 5.74) is 0.698. The monoisotopic (exact) mass is 268 g/mol. The SMILES string of the molecule is CCOC(=O)C(C)(C)c1cc2ccccc2nc1C#N. The second kappa shape index (κ2) is 5.30. The standard InChI is InChI=1S/C16H16N2O2/c1-4-20-15(19)16(2,3)12-9-11-7-5-6-8-13(11)18-14(12)10-17/h5-9H,4H2,1-3H3. The van der Waals surface area contributed by atoms with Crippen molar-refractivity contribution in [3.8, 4) is 6.07 Å². The molecule has 0 radical (unpaired) electrons. The zero-order valence-corrected chi connectivity index (χ0v) is 11.8. The van der Waals surface area contributed by atoms with Gasteiger partial charge in [-0.1, -0.05) is 18.2 Å². The average Bonchev–Trinajstić information content (AvgIpc) is 2.46. The van der Waals surface area contributed by atoms with Crippen molar-refractivity contribution in [3.05, 3.63) is 41.6 Å². The smallest absolute Gasteiger partial charge is 0.316 e. The number of esters is 1. The molecule has 4 heteroatoms. The number of nitriles is 1. The van der Waals surface area contributed by atoms with E-state index in [9.17, 15) is 10.1 Å². The molecule has 0 amide bonds. The summed E-state index contributed by atoms with van der Waals surface area (Å²) in [4.78, 5) is 16.4. The zero-order chi connectivity index (χ0) is 14.8. The van der Waals surface area contributed by atoms with Crippen molar-refractivity contribution in [2.24, 2.45) is 0 Å². The first-order valence-electron chi connectivity index (χ1n) is 6.48. The summed E-state index contributed by atoms with van der Waals surface area (Å²) in [7, 11) is 0. The first kappa shape index (κ1) is 14.0. The van der Waals surface area contributed by atoms with E-state index in [1.165, 1.54) is 0 Å². The minimum Gasteiger partial charge on any atom is -0.465 e. The molecule has 2 rings (SSSR count). The van der Waals surface area contributed by atoms with E-state index in [1.807, 2.05) is 30.3 Å². The molecule has 1 aromatic heterocycles. The third kappa shape index (κ3) is 2.35. The number of hydrogen-bond acceptors (Lipinski definition) is 4. The summed E-state index contributed by atoms with van der Waals surface area (Å²) in [6, 6.07) is 11.4. The number of pyridine rings is 1. The molecule has 0 bridgehead atoms. The summed E-state index contributed by atoms with van der Waals surface area (Å²) in [6.45, 7) is 5.57. The largest absolute Gasteiger partial charge is 0.465 e. The molecule has 1 aromatic carbocycles. The number of ether oxygens (including phenoxy) is 1. The van der Waals surface area contributed by atoms with E-state index in [-0.39, 0.29) is 11.7 Å². The maximum Gasteiger partial charge on any atom is 0.316 e. The maximum atomic E-state index is 12.1. The summed E-state index contributed by atoms with van der Waals surface area (Å²) in [5, 5.41) is 10.2. The molecule has 1 heterocycles. The third-order valence-corrected chi connectivity index (χ3v) is 3.29. The fourth-order valence-electron chi connectivity index (χ4n) is 2.10. The lowest BCUT2D eigenvalue weighted by atomic mass is 9.83. The highest BCUT2D eigenvalue weighted by Gasteiger charge is 2.34. The quantitative estimate of drug-likeness (QED) is 0.803. The van der Waals surface area contributed by atoms with Gasteiger partial charge in [0.1, 0.15) is 11.8 Å². The Hall–Kier alpha value is -2.41. The molecule has 20 heavy (non-hydrogen) atoms. The number of aromatic nitrogens is 1. The van der Waals surface area contributed by atoms with Gasteiger partial charge in [0.25, 0.3) is 0 Å². The predicted molar refractivity (Wildman–Crippen MR) is 76.1 cm³/mol. The topological polar surface area (TPSA) is 63.0 Å². The van der Waals surface area contributed by atoms with Gasteiger partial charge in [0.05, 0.1) is 17.5 Å². The molecule has 0 aliphatic heterocycles. The van der Waals surface area contributed by atoms with Crippen LogP contribution in [0, 0.1) is 11.3 Å².